The summed E-state index contributed by atoms with van der Waals surface area (Å²) in [5.74, 6) is -1.02. The lowest BCUT2D eigenvalue weighted by molar-refractivity contribution is -0.166. The highest BCUT2D eigenvalue weighted by molar-refractivity contribution is 5.71. The van der Waals surface area contributed by atoms with Gasteiger partial charge in [-0.15, -0.1) is 0 Å². The molecule has 0 N–H and O–H groups in total. The van der Waals surface area contributed by atoms with Crippen molar-refractivity contribution in [2.24, 2.45) is 0 Å². The van der Waals surface area contributed by atoms with Gasteiger partial charge >= 0.3 is 17.9 Å². The summed E-state index contributed by atoms with van der Waals surface area (Å²) >= 11 is 0. The standard InChI is InChI=1S/C61H100O6/c1-4-7-10-13-16-19-22-25-28-30-31-32-34-36-39-42-45-48-51-54-60(63)66-57-58(56-65-59(62)53-50-47-44-41-38-35-27-24-21-18-15-12-9-6-3)67-61(64)55-52-49-46-43-40-37-33-29-26-23-20-17-14-11-8-5-2/h7,10,15-16,18-19,24-25,27-29,31-33,36,39,45,48,58H,4-6,8-9,11-14,17,20-23,26,30,34-35,37-38,40-44,46-47,49-57H2,1-3H3/b10-7-,18-15-,19-16-,27-24-,28-25-,32-31-,33-29-,39-36-,48-45-/t58-/m1/s1. The van der Waals surface area contributed by atoms with Gasteiger partial charge in [-0.25, -0.2) is 0 Å². The monoisotopic (exact) mass is 929 g/mol. The molecule has 0 unspecified atom stereocenters. The Labute approximate surface area is 412 Å². The molecule has 6 heteroatoms. The van der Waals surface area contributed by atoms with Crippen molar-refractivity contribution in [3.05, 3.63) is 109 Å². The van der Waals surface area contributed by atoms with Gasteiger partial charge in [-0.3, -0.25) is 14.4 Å². The van der Waals surface area contributed by atoms with Crippen LogP contribution < -0.4 is 0 Å². The van der Waals surface area contributed by atoms with Crippen molar-refractivity contribution in [3.8, 4) is 0 Å². The number of hydrogen-bond acceptors (Lipinski definition) is 6. The fourth-order valence-electron chi connectivity index (χ4n) is 7.13. The van der Waals surface area contributed by atoms with E-state index in [0.29, 0.717) is 19.3 Å². The first-order valence-corrected chi connectivity index (χ1v) is 27.4. The van der Waals surface area contributed by atoms with E-state index in [4.69, 9.17) is 14.2 Å². The van der Waals surface area contributed by atoms with Crippen LogP contribution in [-0.2, 0) is 28.6 Å². The minimum Gasteiger partial charge on any atom is -0.462 e. The third-order valence-electron chi connectivity index (χ3n) is 11.2. The van der Waals surface area contributed by atoms with Crippen molar-refractivity contribution in [1.82, 2.24) is 0 Å². The molecule has 1 atom stereocenters. The third kappa shape index (κ3) is 52.9. The Morgan fingerprint density at radius 1 is 0.313 bits per heavy atom. The Bertz CT molecular complexity index is 1390. The first-order valence-electron chi connectivity index (χ1n) is 27.4. The molecule has 0 rings (SSSR count). The van der Waals surface area contributed by atoms with E-state index in [1.807, 2.05) is 6.08 Å². The average Bonchev–Trinajstić information content (AvgIpc) is 3.33. The van der Waals surface area contributed by atoms with Gasteiger partial charge in [0, 0.05) is 19.3 Å². The van der Waals surface area contributed by atoms with Crippen LogP contribution in [0.2, 0.25) is 0 Å². The Morgan fingerprint density at radius 3 is 1.06 bits per heavy atom. The molecular weight excluding hydrogens is 829 g/mol. The second-order valence-corrected chi connectivity index (χ2v) is 17.7. The van der Waals surface area contributed by atoms with Crippen LogP contribution in [0.5, 0.6) is 0 Å². The number of unbranched alkanes of at least 4 members (excludes halogenated alkanes) is 19. The number of carbonyl (C=O) groups excluding carboxylic acids is 3. The van der Waals surface area contributed by atoms with E-state index < -0.39 is 6.10 Å². The summed E-state index contributed by atoms with van der Waals surface area (Å²) < 4.78 is 16.7. The highest BCUT2D eigenvalue weighted by Crippen LogP contribution is 2.13. The summed E-state index contributed by atoms with van der Waals surface area (Å²) in [7, 11) is 0. The van der Waals surface area contributed by atoms with Crippen LogP contribution in [0.4, 0.5) is 0 Å². The van der Waals surface area contributed by atoms with Gasteiger partial charge in [0.2, 0.25) is 0 Å². The normalized spacial score (nSPS) is 12.9. The van der Waals surface area contributed by atoms with E-state index in [-0.39, 0.29) is 37.5 Å². The molecule has 0 aromatic carbocycles. The van der Waals surface area contributed by atoms with Gasteiger partial charge in [0.1, 0.15) is 13.2 Å². The fraction of sp³-hybridized carbons (Fsp3) is 0.656. The molecule has 0 bridgehead atoms. The van der Waals surface area contributed by atoms with E-state index in [9.17, 15) is 14.4 Å². The second-order valence-electron chi connectivity index (χ2n) is 17.7. The summed E-state index contributed by atoms with van der Waals surface area (Å²) in [5, 5.41) is 0. The molecule has 0 spiro atoms. The van der Waals surface area contributed by atoms with Gasteiger partial charge in [-0.05, 0) is 109 Å². The first-order chi connectivity index (χ1) is 33.0. The lowest BCUT2D eigenvalue weighted by Gasteiger charge is -2.18. The Kier molecular flexibility index (Phi) is 51.5. The van der Waals surface area contributed by atoms with E-state index >= 15 is 0 Å². The maximum Gasteiger partial charge on any atom is 0.306 e. The number of carbonyl (C=O) groups is 3. The molecule has 0 saturated carbocycles. The van der Waals surface area contributed by atoms with Gasteiger partial charge in [-0.2, -0.15) is 0 Å². The molecule has 0 aromatic rings. The molecule has 0 saturated heterocycles. The number of rotatable bonds is 48. The molecule has 0 aliphatic carbocycles. The number of esters is 3. The molecule has 0 heterocycles. The van der Waals surface area contributed by atoms with Crippen LogP contribution in [0.3, 0.4) is 0 Å². The summed E-state index contributed by atoms with van der Waals surface area (Å²) in [4.78, 5) is 38.0. The quantitative estimate of drug-likeness (QED) is 0.0262. The molecule has 0 aliphatic rings. The van der Waals surface area contributed by atoms with Crippen LogP contribution in [0.15, 0.2) is 109 Å². The Morgan fingerprint density at radius 2 is 0.627 bits per heavy atom. The molecule has 0 amide bonds. The number of hydrogen-bond donors (Lipinski definition) is 0. The zero-order valence-electron chi connectivity index (χ0n) is 43.4. The largest absolute Gasteiger partial charge is 0.462 e. The van der Waals surface area contributed by atoms with Crippen LogP contribution >= 0.6 is 0 Å². The van der Waals surface area contributed by atoms with Crippen molar-refractivity contribution in [2.75, 3.05) is 13.2 Å². The third-order valence-corrected chi connectivity index (χ3v) is 11.2. The zero-order valence-corrected chi connectivity index (χ0v) is 43.4. The first kappa shape index (κ1) is 63.1. The van der Waals surface area contributed by atoms with Gasteiger partial charge in [0.05, 0.1) is 0 Å². The average molecular weight is 929 g/mol. The highest BCUT2D eigenvalue weighted by Gasteiger charge is 2.19. The predicted molar refractivity (Wildman–Crippen MR) is 288 cm³/mol. The number of allylic oxidation sites excluding steroid dienone is 18. The lowest BCUT2D eigenvalue weighted by Crippen LogP contribution is -2.30. The molecule has 0 radical (unpaired) electrons. The van der Waals surface area contributed by atoms with E-state index in [0.717, 1.165) is 116 Å². The van der Waals surface area contributed by atoms with Crippen molar-refractivity contribution >= 4 is 17.9 Å². The van der Waals surface area contributed by atoms with Gasteiger partial charge in [-0.1, -0.05) is 220 Å². The van der Waals surface area contributed by atoms with E-state index in [1.165, 1.54) is 77.0 Å². The minimum absolute atomic E-state index is 0.113. The summed E-state index contributed by atoms with van der Waals surface area (Å²) in [6.45, 7) is 6.39. The maximum atomic E-state index is 12.8. The van der Waals surface area contributed by atoms with Gasteiger partial charge in [0.25, 0.3) is 0 Å². The summed E-state index contributed by atoms with van der Waals surface area (Å²) in [6, 6.07) is 0. The van der Waals surface area contributed by atoms with Crippen molar-refractivity contribution < 1.29 is 28.6 Å². The van der Waals surface area contributed by atoms with E-state index in [2.05, 4.69) is 124 Å². The molecule has 380 valence electrons. The fourth-order valence-corrected chi connectivity index (χ4v) is 7.13. The van der Waals surface area contributed by atoms with Crippen LogP contribution in [0.1, 0.15) is 239 Å². The van der Waals surface area contributed by atoms with Crippen LogP contribution in [0.25, 0.3) is 0 Å². The molecular formula is C61H100O6. The van der Waals surface area contributed by atoms with Gasteiger partial charge in [0.15, 0.2) is 6.10 Å². The topological polar surface area (TPSA) is 78.9 Å². The van der Waals surface area contributed by atoms with Crippen molar-refractivity contribution in [3.63, 3.8) is 0 Å². The summed E-state index contributed by atoms with van der Waals surface area (Å²) in [5.41, 5.74) is 0. The zero-order chi connectivity index (χ0) is 48.6. The number of ether oxygens (including phenoxy) is 3. The lowest BCUT2D eigenvalue weighted by atomic mass is 10.1. The molecule has 0 aliphatic heterocycles. The molecule has 0 fully saturated rings. The maximum absolute atomic E-state index is 12.8. The highest BCUT2D eigenvalue weighted by atomic mass is 16.6. The smallest absolute Gasteiger partial charge is 0.306 e. The van der Waals surface area contributed by atoms with Crippen molar-refractivity contribution in [1.29, 1.82) is 0 Å². The molecule has 67 heavy (non-hydrogen) atoms. The second kappa shape index (κ2) is 54.7. The Hall–Kier alpha value is -3.93. The van der Waals surface area contributed by atoms with Gasteiger partial charge < -0.3 is 14.2 Å². The minimum atomic E-state index is -0.820. The van der Waals surface area contributed by atoms with Crippen LogP contribution in [-0.4, -0.2) is 37.2 Å². The SMILES string of the molecule is CC/C=C\C/C=C\C/C=C\C/C=C\C/C=C\C/C=C\CCC(=O)OC[C@@H](COC(=O)CCCCCCC/C=C\C/C=C\CCCC)OC(=O)CCCCCCC/C=C\CCCCCCCCC. The summed E-state index contributed by atoms with van der Waals surface area (Å²) in [6.07, 6.45) is 73.7. The van der Waals surface area contributed by atoms with Crippen molar-refractivity contribution in [2.45, 2.75) is 245 Å². The molecule has 0 aromatic heterocycles. The van der Waals surface area contributed by atoms with Crippen LogP contribution in [0, 0.1) is 0 Å². The predicted octanol–water partition coefficient (Wildman–Crippen LogP) is 18.3. The van der Waals surface area contributed by atoms with E-state index in [1.54, 1.807) is 0 Å². The Balaban J connectivity index is 4.54. The molecule has 6 nitrogen and oxygen atoms in total.